The van der Waals surface area contributed by atoms with Crippen LogP contribution in [0.2, 0.25) is 0 Å². The Balaban J connectivity index is 1.66. The molecule has 0 amide bonds. The van der Waals surface area contributed by atoms with E-state index in [1.165, 1.54) is 0 Å². The van der Waals surface area contributed by atoms with E-state index >= 15 is 0 Å². The van der Waals surface area contributed by atoms with Crippen molar-refractivity contribution in [2.45, 2.75) is 44.5 Å². The third kappa shape index (κ3) is 1.65. The molecule has 0 radical (unpaired) electrons. The van der Waals surface area contributed by atoms with Gasteiger partial charge >= 0.3 is 11.9 Å². The topological polar surface area (TPSA) is 61.8 Å². The SMILES string of the molecule is C=C(C)C(=O)OC1CC2O[C@H]1CC21COC(=O)C1. The maximum absolute atomic E-state index is 11.5. The van der Waals surface area contributed by atoms with Crippen LogP contribution in [0, 0.1) is 5.41 Å². The summed E-state index contributed by atoms with van der Waals surface area (Å²) in [5.41, 5.74) is 0.223. The van der Waals surface area contributed by atoms with Gasteiger partial charge in [-0.2, -0.15) is 0 Å². The fraction of sp³-hybridized carbons (Fsp3) is 0.692. The molecule has 0 aromatic carbocycles. The monoisotopic (exact) mass is 252 g/mol. The third-order valence-corrected chi connectivity index (χ3v) is 4.11. The summed E-state index contributed by atoms with van der Waals surface area (Å²) < 4.78 is 16.2. The van der Waals surface area contributed by atoms with Crippen molar-refractivity contribution in [2.24, 2.45) is 5.41 Å². The van der Waals surface area contributed by atoms with Gasteiger partial charge in [-0.1, -0.05) is 6.58 Å². The molecule has 0 aromatic rings. The van der Waals surface area contributed by atoms with Gasteiger partial charge < -0.3 is 14.2 Å². The molecule has 3 aliphatic heterocycles. The number of ether oxygens (including phenoxy) is 3. The number of hydrogen-bond donors (Lipinski definition) is 0. The molecule has 3 fully saturated rings. The summed E-state index contributed by atoms with van der Waals surface area (Å²) in [6, 6.07) is 0. The number of hydrogen-bond acceptors (Lipinski definition) is 5. The van der Waals surface area contributed by atoms with Crippen molar-refractivity contribution in [1.82, 2.24) is 0 Å². The summed E-state index contributed by atoms with van der Waals surface area (Å²) in [6.45, 7) is 5.63. The first-order valence-corrected chi connectivity index (χ1v) is 6.18. The summed E-state index contributed by atoms with van der Waals surface area (Å²) in [4.78, 5) is 22.7. The Hall–Kier alpha value is -1.36. The molecule has 3 rings (SSSR count). The largest absolute Gasteiger partial charge is 0.465 e. The van der Waals surface area contributed by atoms with E-state index < -0.39 is 0 Å². The van der Waals surface area contributed by atoms with Crippen LogP contribution in [0.3, 0.4) is 0 Å². The van der Waals surface area contributed by atoms with Crippen LogP contribution < -0.4 is 0 Å². The van der Waals surface area contributed by atoms with Crippen molar-refractivity contribution in [3.05, 3.63) is 12.2 Å². The van der Waals surface area contributed by atoms with Gasteiger partial charge in [0.15, 0.2) is 0 Å². The molecular formula is C13H16O5. The quantitative estimate of drug-likeness (QED) is 0.541. The van der Waals surface area contributed by atoms with Crippen LogP contribution in [0.25, 0.3) is 0 Å². The van der Waals surface area contributed by atoms with Crippen LogP contribution in [0.1, 0.15) is 26.2 Å². The van der Waals surface area contributed by atoms with Gasteiger partial charge in [0.25, 0.3) is 0 Å². The predicted molar refractivity (Wildman–Crippen MR) is 60.6 cm³/mol. The van der Waals surface area contributed by atoms with E-state index in [1.807, 2.05) is 0 Å². The minimum Gasteiger partial charge on any atom is -0.465 e. The maximum atomic E-state index is 11.5. The molecular weight excluding hydrogens is 236 g/mol. The highest BCUT2D eigenvalue weighted by Crippen LogP contribution is 2.53. The second kappa shape index (κ2) is 3.82. The molecule has 0 aromatic heterocycles. The number of esters is 2. The minimum atomic E-state index is -0.371. The van der Waals surface area contributed by atoms with Gasteiger partial charge in [0.2, 0.25) is 0 Å². The Kier molecular flexibility index (Phi) is 2.48. The van der Waals surface area contributed by atoms with Crippen molar-refractivity contribution in [2.75, 3.05) is 6.61 Å². The first kappa shape index (κ1) is 11.7. The number of rotatable bonds is 2. The zero-order valence-electron chi connectivity index (χ0n) is 10.3. The Morgan fingerprint density at radius 2 is 2.33 bits per heavy atom. The zero-order valence-corrected chi connectivity index (χ0v) is 10.3. The smallest absolute Gasteiger partial charge is 0.333 e. The van der Waals surface area contributed by atoms with Gasteiger partial charge in [-0.25, -0.2) is 4.79 Å². The highest BCUT2D eigenvalue weighted by atomic mass is 16.6. The van der Waals surface area contributed by atoms with Crippen LogP contribution in [-0.4, -0.2) is 36.9 Å². The molecule has 3 heterocycles. The van der Waals surface area contributed by atoms with E-state index in [0.29, 0.717) is 25.0 Å². The van der Waals surface area contributed by atoms with Gasteiger partial charge in [-0.15, -0.1) is 0 Å². The minimum absolute atomic E-state index is 0.0307. The summed E-state index contributed by atoms with van der Waals surface area (Å²) in [6.07, 6.45) is 1.47. The molecule has 0 saturated carbocycles. The van der Waals surface area contributed by atoms with E-state index in [-0.39, 0.29) is 35.7 Å². The van der Waals surface area contributed by atoms with Crippen LogP contribution in [0.4, 0.5) is 0 Å². The number of cyclic esters (lactones) is 1. The van der Waals surface area contributed by atoms with Crippen molar-refractivity contribution in [3.63, 3.8) is 0 Å². The molecule has 5 nitrogen and oxygen atoms in total. The maximum Gasteiger partial charge on any atom is 0.333 e. The lowest BCUT2D eigenvalue weighted by molar-refractivity contribution is -0.147. The predicted octanol–water partition coefficient (Wildman–Crippen LogP) is 0.969. The fourth-order valence-electron chi connectivity index (χ4n) is 3.14. The molecule has 3 saturated heterocycles. The summed E-state index contributed by atoms with van der Waals surface area (Å²) in [7, 11) is 0. The Morgan fingerprint density at radius 1 is 1.56 bits per heavy atom. The third-order valence-electron chi connectivity index (χ3n) is 4.11. The average Bonchev–Trinajstić information content (AvgIpc) is 2.94. The van der Waals surface area contributed by atoms with Crippen molar-refractivity contribution < 1.29 is 23.8 Å². The van der Waals surface area contributed by atoms with Gasteiger partial charge in [0.1, 0.15) is 12.7 Å². The van der Waals surface area contributed by atoms with Gasteiger partial charge in [-0.3, -0.25) is 4.79 Å². The molecule has 98 valence electrons. The lowest BCUT2D eigenvalue weighted by Gasteiger charge is -2.30. The molecule has 5 heteroatoms. The van der Waals surface area contributed by atoms with Crippen molar-refractivity contribution in [3.8, 4) is 0 Å². The normalized spacial score (nSPS) is 41.2. The first-order valence-electron chi connectivity index (χ1n) is 6.18. The lowest BCUT2D eigenvalue weighted by Crippen LogP contribution is -2.39. The van der Waals surface area contributed by atoms with Crippen LogP contribution >= 0.6 is 0 Å². The second-order valence-corrected chi connectivity index (χ2v) is 5.53. The van der Waals surface area contributed by atoms with E-state index in [1.54, 1.807) is 6.92 Å². The lowest BCUT2D eigenvalue weighted by atomic mass is 9.72. The van der Waals surface area contributed by atoms with Gasteiger partial charge in [-0.05, 0) is 13.3 Å². The fourth-order valence-corrected chi connectivity index (χ4v) is 3.14. The van der Waals surface area contributed by atoms with Gasteiger partial charge in [0, 0.05) is 17.4 Å². The summed E-state index contributed by atoms with van der Waals surface area (Å²) in [5.74, 6) is -0.523. The van der Waals surface area contributed by atoms with E-state index in [9.17, 15) is 9.59 Å². The number of carbonyl (C=O) groups is 2. The van der Waals surface area contributed by atoms with Crippen LogP contribution in [0.15, 0.2) is 12.2 Å². The summed E-state index contributed by atoms with van der Waals surface area (Å²) >= 11 is 0. The van der Waals surface area contributed by atoms with Crippen LogP contribution in [0.5, 0.6) is 0 Å². The molecule has 18 heavy (non-hydrogen) atoms. The molecule has 3 aliphatic rings. The Morgan fingerprint density at radius 3 is 2.83 bits per heavy atom. The molecule has 0 aliphatic carbocycles. The van der Waals surface area contributed by atoms with Crippen LogP contribution in [-0.2, 0) is 23.8 Å². The molecule has 3 unspecified atom stereocenters. The van der Waals surface area contributed by atoms with Gasteiger partial charge in [0.05, 0.1) is 18.6 Å². The standard InChI is InChI=1S/C13H16O5/c1-7(2)12(15)18-8-3-10-13(4-9(8)17-10)5-11(14)16-6-13/h8-10H,1,3-6H2,2H3/t8?,9-,10?,13?/m0/s1. The summed E-state index contributed by atoms with van der Waals surface area (Å²) in [5, 5.41) is 0. The van der Waals surface area contributed by atoms with Crippen molar-refractivity contribution in [1.29, 1.82) is 0 Å². The van der Waals surface area contributed by atoms with Crippen molar-refractivity contribution >= 4 is 11.9 Å². The van der Waals surface area contributed by atoms with E-state index in [4.69, 9.17) is 14.2 Å². The molecule has 2 bridgehead atoms. The highest BCUT2D eigenvalue weighted by molar-refractivity contribution is 5.87. The molecule has 1 spiro atoms. The zero-order chi connectivity index (χ0) is 12.9. The highest BCUT2D eigenvalue weighted by Gasteiger charge is 2.61. The Labute approximate surface area is 105 Å². The Bertz CT molecular complexity index is 429. The first-order chi connectivity index (χ1) is 8.50. The molecule has 0 N–H and O–H groups in total. The second-order valence-electron chi connectivity index (χ2n) is 5.53. The molecule has 4 atom stereocenters. The number of fused-ring (bicyclic) bond motifs is 3. The number of carbonyl (C=O) groups excluding carboxylic acids is 2. The van der Waals surface area contributed by atoms with E-state index in [0.717, 1.165) is 6.42 Å². The van der Waals surface area contributed by atoms with E-state index in [2.05, 4.69) is 6.58 Å². The average molecular weight is 252 g/mol.